The highest BCUT2D eigenvalue weighted by Gasteiger charge is 2.25. The molecular formula is C16H16Cl2N2O2. The SMILES string of the molecule is CC(c1ccncc1)N(C)C(=O)C(O)c1cc(Cl)cc(Cl)c1. The first kappa shape index (κ1) is 16.7. The van der Waals surface area contributed by atoms with Gasteiger partial charge in [0, 0.05) is 29.5 Å². The highest BCUT2D eigenvalue weighted by atomic mass is 35.5. The Kier molecular flexibility index (Phi) is 5.40. The van der Waals surface area contributed by atoms with Gasteiger partial charge in [-0.1, -0.05) is 23.2 Å². The van der Waals surface area contributed by atoms with E-state index in [9.17, 15) is 9.90 Å². The number of benzene rings is 1. The second-order valence-electron chi connectivity index (χ2n) is 5.01. The maximum absolute atomic E-state index is 12.5. The van der Waals surface area contributed by atoms with E-state index in [1.54, 1.807) is 25.5 Å². The number of amides is 1. The Morgan fingerprint density at radius 3 is 2.23 bits per heavy atom. The molecule has 1 aromatic heterocycles. The lowest BCUT2D eigenvalue weighted by molar-refractivity contribution is -0.141. The number of aliphatic hydroxyl groups excluding tert-OH is 1. The van der Waals surface area contributed by atoms with E-state index in [4.69, 9.17) is 23.2 Å². The van der Waals surface area contributed by atoms with Gasteiger partial charge in [0.25, 0.3) is 5.91 Å². The molecular weight excluding hydrogens is 323 g/mol. The standard InChI is InChI=1S/C16H16Cl2N2O2/c1-10(11-3-5-19-6-4-11)20(2)16(22)15(21)12-7-13(17)9-14(18)8-12/h3-10,15,21H,1-2H3. The monoisotopic (exact) mass is 338 g/mol. The Bertz CT molecular complexity index is 644. The number of aliphatic hydroxyl groups is 1. The molecule has 0 aliphatic heterocycles. The summed E-state index contributed by atoms with van der Waals surface area (Å²) in [7, 11) is 1.64. The van der Waals surface area contributed by atoms with Crippen LogP contribution in [0.2, 0.25) is 10.0 Å². The van der Waals surface area contributed by atoms with Gasteiger partial charge >= 0.3 is 0 Å². The highest BCUT2D eigenvalue weighted by molar-refractivity contribution is 6.34. The minimum atomic E-state index is -1.31. The second kappa shape index (κ2) is 7.09. The van der Waals surface area contributed by atoms with Gasteiger partial charge in [-0.3, -0.25) is 9.78 Å². The van der Waals surface area contributed by atoms with Gasteiger partial charge in [-0.15, -0.1) is 0 Å². The fourth-order valence-corrected chi connectivity index (χ4v) is 2.67. The number of nitrogens with zero attached hydrogens (tertiary/aromatic N) is 2. The quantitative estimate of drug-likeness (QED) is 0.925. The first-order chi connectivity index (χ1) is 10.4. The van der Waals surface area contributed by atoms with Crippen LogP contribution >= 0.6 is 23.2 Å². The molecule has 1 amide bonds. The molecule has 1 N–H and O–H groups in total. The van der Waals surface area contributed by atoms with Crippen LogP contribution in [0.1, 0.15) is 30.2 Å². The molecule has 116 valence electrons. The third kappa shape index (κ3) is 3.77. The van der Waals surface area contributed by atoms with E-state index >= 15 is 0 Å². The van der Waals surface area contributed by atoms with Gasteiger partial charge in [-0.25, -0.2) is 0 Å². The average Bonchev–Trinajstić information content (AvgIpc) is 2.52. The van der Waals surface area contributed by atoms with Gasteiger partial charge in [-0.2, -0.15) is 0 Å². The van der Waals surface area contributed by atoms with Gasteiger partial charge in [0.15, 0.2) is 6.10 Å². The average molecular weight is 339 g/mol. The summed E-state index contributed by atoms with van der Waals surface area (Å²) in [6.45, 7) is 1.88. The predicted octanol–water partition coefficient (Wildman–Crippen LogP) is 3.64. The van der Waals surface area contributed by atoms with Crippen LogP contribution < -0.4 is 0 Å². The highest BCUT2D eigenvalue weighted by Crippen LogP contribution is 2.27. The van der Waals surface area contributed by atoms with Crippen LogP contribution in [-0.2, 0) is 4.79 Å². The van der Waals surface area contributed by atoms with Crippen LogP contribution in [-0.4, -0.2) is 27.9 Å². The number of pyridine rings is 1. The summed E-state index contributed by atoms with van der Waals surface area (Å²) in [5.74, 6) is -0.428. The molecule has 0 fully saturated rings. The molecule has 2 atom stereocenters. The Hall–Kier alpha value is -1.62. The molecule has 0 saturated carbocycles. The first-order valence-corrected chi connectivity index (χ1v) is 7.46. The minimum Gasteiger partial charge on any atom is -0.378 e. The molecule has 0 aliphatic rings. The van der Waals surface area contributed by atoms with Gasteiger partial charge in [0.05, 0.1) is 6.04 Å². The first-order valence-electron chi connectivity index (χ1n) is 6.71. The summed E-state index contributed by atoms with van der Waals surface area (Å²) >= 11 is 11.8. The van der Waals surface area contributed by atoms with E-state index in [1.165, 1.54) is 17.0 Å². The summed E-state index contributed by atoms with van der Waals surface area (Å²) in [6, 6.07) is 8.07. The molecule has 6 heteroatoms. The molecule has 2 unspecified atom stereocenters. The number of hydrogen-bond acceptors (Lipinski definition) is 3. The van der Waals surface area contributed by atoms with Crippen molar-refractivity contribution in [3.8, 4) is 0 Å². The molecule has 1 heterocycles. The maximum atomic E-state index is 12.5. The Morgan fingerprint density at radius 2 is 1.68 bits per heavy atom. The van der Waals surface area contributed by atoms with Crippen molar-refractivity contribution in [3.05, 3.63) is 63.9 Å². The van der Waals surface area contributed by atoms with Crippen LogP contribution in [0.15, 0.2) is 42.7 Å². The number of carbonyl (C=O) groups is 1. The number of rotatable bonds is 4. The van der Waals surface area contributed by atoms with Crippen molar-refractivity contribution in [1.82, 2.24) is 9.88 Å². The maximum Gasteiger partial charge on any atom is 0.256 e. The normalized spacial score (nSPS) is 13.5. The molecule has 0 radical (unpaired) electrons. The molecule has 1 aromatic carbocycles. The van der Waals surface area contributed by atoms with Gasteiger partial charge in [0.1, 0.15) is 0 Å². The lowest BCUT2D eigenvalue weighted by Gasteiger charge is -2.27. The molecule has 4 nitrogen and oxygen atoms in total. The largest absolute Gasteiger partial charge is 0.378 e. The van der Waals surface area contributed by atoms with Gasteiger partial charge < -0.3 is 10.0 Å². The molecule has 22 heavy (non-hydrogen) atoms. The summed E-state index contributed by atoms with van der Waals surface area (Å²) in [6.07, 6.45) is 2.01. The number of halogens is 2. The topological polar surface area (TPSA) is 53.4 Å². The number of carbonyl (C=O) groups excluding carboxylic acids is 1. The predicted molar refractivity (Wildman–Crippen MR) is 86.8 cm³/mol. The van der Waals surface area contributed by atoms with Crippen LogP contribution in [0.25, 0.3) is 0 Å². The van der Waals surface area contributed by atoms with Crippen molar-refractivity contribution in [2.75, 3.05) is 7.05 Å². The molecule has 0 spiro atoms. The van der Waals surface area contributed by atoms with E-state index in [2.05, 4.69) is 4.98 Å². The van der Waals surface area contributed by atoms with Crippen molar-refractivity contribution >= 4 is 29.1 Å². The van der Waals surface area contributed by atoms with Crippen molar-refractivity contribution in [1.29, 1.82) is 0 Å². The Labute approximate surface area is 139 Å². The smallest absolute Gasteiger partial charge is 0.256 e. The Morgan fingerprint density at radius 1 is 1.14 bits per heavy atom. The molecule has 0 aliphatic carbocycles. The van der Waals surface area contributed by atoms with Crippen LogP contribution in [0.3, 0.4) is 0 Å². The number of likely N-dealkylation sites (N-methyl/N-ethyl adjacent to an activating group) is 1. The summed E-state index contributed by atoms with van der Waals surface area (Å²) in [5, 5.41) is 11.0. The minimum absolute atomic E-state index is 0.195. The molecule has 2 aromatic rings. The van der Waals surface area contributed by atoms with Crippen LogP contribution in [0, 0.1) is 0 Å². The number of aromatic nitrogens is 1. The van der Waals surface area contributed by atoms with Crippen molar-refractivity contribution < 1.29 is 9.90 Å². The zero-order valence-corrected chi connectivity index (χ0v) is 13.7. The van der Waals surface area contributed by atoms with Crippen LogP contribution in [0.4, 0.5) is 0 Å². The lowest BCUT2D eigenvalue weighted by Crippen LogP contribution is -2.34. The third-order valence-corrected chi connectivity index (χ3v) is 3.99. The van der Waals surface area contributed by atoms with Gasteiger partial charge in [-0.05, 0) is 48.4 Å². The van der Waals surface area contributed by atoms with E-state index < -0.39 is 12.0 Å². The van der Waals surface area contributed by atoms with E-state index in [0.717, 1.165) is 5.56 Å². The zero-order valence-electron chi connectivity index (χ0n) is 12.2. The fourth-order valence-electron chi connectivity index (χ4n) is 2.12. The fraction of sp³-hybridized carbons (Fsp3) is 0.250. The second-order valence-corrected chi connectivity index (χ2v) is 5.88. The zero-order chi connectivity index (χ0) is 16.3. The van der Waals surface area contributed by atoms with E-state index in [1.807, 2.05) is 19.1 Å². The summed E-state index contributed by atoms with van der Waals surface area (Å²) in [4.78, 5) is 17.9. The summed E-state index contributed by atoms with van der Waals surface area (Å²) in [5.41, 5.74) is 1.30. The van der Waals surface area contributed by atoms with E-state index in [0.29, 0.717) is 15.6 Å². The Balaban J connectivity index is 2.19. The molecule has 0 bridgehead atoms. The number of hydrogen-bond donors (Lipinski definition) is 1. The summed E-state index contributed by atoms with van der Waals surface area (Å²) < 4.78 is 0. The van der Waals surface area contributed by atoms with Crippen molar-refractivity contribution in [2.45, 2.75) is 19.1 Å². The van der Waals surface area contributed by atoms with Gasteiger partial charge in [0.2, 0.25) is 0 Å². The lowest BCUT2D eigenvalue weighted by atomic mass is 10.1. The third-order valence-electron chi connectivity index (χ3n) is 3.55. The van der Waals surface area contributed by atoms with Crippen molar-refractivity contribution in [3.63, 3.8) is 0 Å². The van der Waals surface area contributed by atoms with Crippen molar-refractivity contribution in [2.24, 2.45) is 0 Å². The molecule has 0 saturated heterocycles. The van der Waals surface area contributed by atoms with E-state index in [-0.39, 0.29) is 6.04 Å². The van der Waals surface area contributed by atoms with Crippen LogP contribution in [0.5, 0.6) is 0 Å². The molecule has 2 rings (SSSR count).